The van der Waals surface area contributed by atoms with Crippen LogP contribution in [-0.2, 0) is 6.42 Å². The SMILES string of the molecule is CCc1ccc(NC(=O)c2cncc(C(=O)N3CCCC(C)C3)c2)cc1. The molecular weight excluding hydrogens is 326 g/mol. The van der Waals surface area contributed by atoms with Crippen molar-refractivity contribution in [3.05, 3.63) is 59.4 Å². The van der Waals surface area contributed by atoms with E-state index in [2.05, 4.69) is 24.1 Å². The van der Waals surface area contributed by atoms with Gasteiger partial charge in [0.25, 0.3) is 11.8 Å². The lowest BCUT2D eigenvalue weighted by molar-refractivity contribution is 0.0682. The second-order valence-electron chi connectivity index (χ2n) is 6.97. The van der Waals surface area contributed by atoms with E-state index in [9.17, 15) is 9.59 Å². The van der Waals surface area contributed by atoms with Crippen LogP contribution in [0.5, 0.6) is 0 Å². The Labute approximate surface area is 154 Å². The highest BCUT2D eigenvalue weighted by Gasteiger charge is 2.23. The zero-order valence-corrected chi connectivity index (χ0v) is 15.4. The molecule has 0 aliphatic carbocycles. The standard InChI is InChI=1S/C21H25N3O2/c1-3-16-6-8-19(9-7-16)23-20(25)17-11-18(13-22-12-17)21(26)24-10-4-5-15(2)14-24/h6-9,11-13,15H,3-5,10,14H2,1-2H3,(H,23,25). The van der Waals surface area contributed by atoms with Crippen LogP contribution in [0, 0.1) is 5.92 Å². The smallest absolute Gasteiger partial charge is 0.257 e. The second-order valence-corrected chi connectivity index (χ2v) is 6.97. The van der Waals surface area contributed by atoms with Crippen molar-refractivity contribution in [2.75, 3.05) is 18.4 Å². The monoisotopic (exact) mass is 351 g/mol. The number of benzene rings is 1. The van der Waals surface area contributed by atoms with E-state index in [1.807, 2.05) is 29.2 Å². The molecule has 1 unspecified atom stereocenters. The molecule has 136 valence electrons. The third-order valence-corrected chi connectivity index (χ3v) is 4.81. The molecule has 2 amide bonds. The number of hydrogen-bond donors (Lipinski definition) is 1. The van der Waals surface area contributed by atoms with Crippen molar-refractivity contribution in [1.82, 2.24) is 9.88 Å². The van der Waals surface area contributed by atoms with Crippen molar-refractivity contribution in [2.24, 2.45) is 5.92 Å². The van der Waals surface area contributed by atoms with E-state index in [-0.39, 0.29) is 11.8 Å². The van der Waals surface area contributed by atoms with Crippen molar-refractivity contribution in [1.29, 1.82) is 0 Å². The summed E-state index contributed by atoms with van der Waals surface area (Å²) >= 11 is 0. The zero-order valence-electron chi connectivity index (χ0n) is 15.4. The fourth-order valence-corrected chi connectivity index (χ4v) is 3.26. The van der Waals surface area contributed by atoms with Crippen LogP contribution in [0.4, 0.5) is 5.69 Å². The maximum Gasteiger partial charge on any atom is 0.257 e. The number of aryl methyl sites for hydroxylation is 1. The Balaban J connectivity index is 1.71. The molecule has 0 spiro atoms. The Bertz CT molecular complexity index is 786. The lowest BCUT2D eigenvalue weighted by Gasteiger charge is -2.30. The van der Waals surface area contributed by atoms with Crippen LogP contribution in [0.2, 0.25) is 0 Å². The minimum absolute atomic E-state index is 0.0500. The summed E-state index contributed by atoms with van der Waals surface area (Å²) in [7, 11) is 0. The van der Waals surface area contributed by atoms with E-state index in [0.29, 0.717) is 17.0 Å². The number of nitrogens with one attached hydrogen (secondary N) is 1. The number of aromatic nitrogens is 1. The molecule has 0 bridgehead atoms. The summed E-state index contributed by atoms with van der Waals surface area (Å²) in [6.07, 6.45) is 6.16. The van der Waals surface area contributed by atoms with Gasteiger partial charge in [0.05, 0.1) is 11.1 Å². The van der Waals surface area contributed by atoms with Crippen LogP contribution in [-0.4, -0.2) is 34.8 Å². The highest BCUT2D eigenvalue weighted by molar-refractivity contribution is 6.05. The lowest BCUT2D eigenvalue weighted by Crippen LogP contribution is -2.39. The third kappa shape index (κ3) is 4.28. The van der Waals surface area contributed by atoms with Crippen LogP contribution < -0.4 is 5.32 Å². The van der Waals surface area contributed by atoms with E-state index >= 15 is 0 Å². The molecule has 1 aliphatic heterocycles. The molecule has 1 saturated heterocycles. The van der Waals surface area contributed by atoms with Crippen molar-refractivity contribution >= 4 is 17.5 Å². The maximum atomic E-state index is 12.7. The van der Waals surface area contributed by atoms with Gasteiger partial charge in [-0.2, -0.15) is 0 Å². The van der Waals surface area contributed by atoms with Gasteiger partial charge in [-0.3, -0.25) is 14.6 Å². The Morgan fingerprint density at radius 2 is 1.92 bits per heavy atom. The number of rotatable bonds is 4. The molecular formula is C21H25N3O2. The molecule has 0 radical (unpaired) electrons. The number of hydrogen-bond acceptors (Lipinski definition) is 3. The van der Waals surface area contributed by atoms with Crippen molar-refractivity contribution in [3.63, 3.8) is 0 Å². The fourth-order valence-electron chi connectivity index (χ4n) is 3.26. The first-order valence-corrected chi connectivity index (χ1v) is 9.21. The Kier molecular flexibility index (Phi) is 5.66. The molecule has 5 heteroatoms. The molecule has 1 N–H and O–H groups in total. The average molecular weight is 351 g/mol. The molecule has 1 aromatic heterocycles. The summed E-state index contributed by atoms with van der Waals surface area (Å²) in [5.74, 6) is 0.202. The van der Waals surface area contributed by atoms with Crippen molar-refractivity contribution in [3.8, 4) is 0 Å². The quantitative estimate of drug-likeness (QED) is 0.912. The van der Waals surface area contributed by atoms with Gasteiger partial charge < -0.3 is 10.2 Å². The topological polar surface area (TPSA) is 62.3 Å². The van der Waals surface area contributed by atoms with Gasteiger partial charge in [0.2, 0.25) is 0 Å². The molecule has 2 heterocycles. The van der Waals surface area contributed by atoms with Gasteiger partial charge >= 0.3 is 0 Å². The minimum atomic E-state index is -0.261. The van der Waals surface area contributed by atoms with Crippen LogP contribution in [0.3, 0.4) is 0 Å². The molecule has 26 heavy (non-hydrogen) atoms. The average Bonchev–Trinajstić information content (AvgIpc) is 2.68. The summed E-state index contributed by atoms with van der Waals surface area (Å²) in [6, 6.07) is 9.38. The molecule has 0 saturated carbocycles. The maximum absolute atomic E-state index is 12.7. The Hall–Kier alpha value is -2.69. The van der Waals surface area contributed by atoms with E-state index in [1.165, 1.54) is 18.0 Å². The number of carbonyl (C=O) groups is 2. The van der Waals surface area contributed by atoms with E-state index in [1.54, 1.807) is 6.07 Å². The van der Waals surface area contributed by atoms with E-state index in [0.717, 1.165) is 38.0 Å². The van der Waals surface area contributed by atoms with Gasteiger partial charge in [0, 0.05) is 31.2 Å². The summed E-state index contributed by atoms with van der Waals surface area (Å²) < 4.78 is 0. The van der Waals surface area contributed by atoms with E-state index < -0.39 is 0 Å². The summed E-state index contributed by atoms with van der Waals surface area (Å²) in [4.78, 5) is 31.2. The predicted molar refractivity (Wildman–Crippen MR) is 102 cm³/mol. The van der Waals surface area contributed by atoms with Crippen molar-refractivity contribution < 1.29 is 9.59 Å². The van der Waals surface area contributed by atoms with Crippen molar-refractivity contribution in [2.45, 2.75) is 33.1 Å². The molecule has 1 aromatic carbocycles. The first kappa shape index (κ1) is 18.1. The van der Waals surface area contributed by atoms with Crippen LogP contribution in [0.25, 0.3) is 0 Å². The molecule has 1 fully saturated rings. The van der Waals surface area contributed by atoms with Gasteiger partial charge in [0.15, 0.2) is 0 Å². The first-order chi connectivity index (χ1) is 12.6. The molecule has 5 nitrogen and oxygen atoms in total. The minimum Gasteiger partial charge on any atom is -0.338 e. The highest BCUT2D eigenvalue weighted by atomic mass is 16.2. The Morgan fingerprint density at radius 1 is 1.19 bits per heavy atom. The number of carbonyl (C=O) groups excluding carboxylic acids is 2. The van der Waals surface area contributed by atoms with Gasteiger partial charge in [-0.15, -0.1) is 0 Å². The Morgan fingerprint density at radius 3 is 2.62 bits per heavy atom. The van der Waals surface area contributed by atoms with Crippen LogP contribution in [0.1, 0.15) is 53.0 Å². The predicted octanol–water partition coefficient (Wildman–Crippen LogP) is 3.77. The van der Waals surface area contributed by atoms with Gasteiger partial charge in [0.1, 0.15) is 0 Å². The van der Waals surface area contributed by atoms with Crippen LogP contribution >= 0.6 is 0 Å². The largest absolute Gasteiger partial charge is 0.338 e. The third-order valence-electron chi connectivity index (χ3n) is 4.81. The highest BCUT2D eigenvalue weighted by Crippen LogP contribution is 2.18. The lowest BCUT2D eigenvalue weighted by atomic mass is 9.99. The zero-order chi connectivity index (χ0) is 18.5. The normalized spacial score (nSPS) is 17.0. The van der Waals surface area contributed by atoms with Crippen LogP contribution in [0.15, 0.2) is 42.7 Å². The van der Waals surface area contributed by atoms with Gasteiger partial charge in [-0.1, -0.05) is 26.0 Å². The van der Waals surface area contributed by atoms with E-state index in [4.69, 9.17) is 0 Å². The number of amides is 2. The summed E-state index contributed by atoms with van der Waals surface area (Å²) in [5, 5.41) is 2.86. The first-order valence-electron chi connectivity index (χ1n) is 9.21. The van der Waals surface area contributed by atoms with Gasteiger partial charge in [-0.05, 0) is 48.9 Å². The fraction of sp³-hybridized carbons (Fsp3) is 0.381. The molecule has 1 aliphatic rings. The number of pyridine rings is 1. The molecule has 2 aromatic rings. The summed E-state index contributed by atoms with van der Waals surface area (Å²) in [5.41, 5.74) is 2.80. The number of likely N-dealkylation sites (tertiary alicyclic amines) is 1. The molecule has 1 atom stereocenters. The molecule has 3 rings (SSSR count). The van der Waals surface area contributed by atoms with Gasteiger partial charge in [-0.25, -0.2) is 0 Å². The number of anilines is 1. The number of nitrogens with zero attached hydrogens (tertiary/aromatic N) is 2. The summed E-state index contributed by atoms with van der Waals surface area (Å²) in [6.45, 7) is 5.78. The second kappa shape index (κ2) is 8.13. The number of piperidine rings is 1.